The monoisotopic (exact) mass is 378 g/mol. The number of aromatic nitrogens is 4. The second-order valence-corrected chi connectivity index (χ2v) is 7.54. The Bertz CT molecular complexity index is 849. The topological polar surface area (TPSA) is 67.2 Å². The molecule has 0 aromatic carbocycles. The van der Waals surface area contributed by atoms with Crippen LogP contribution in [0.2, 0.25) is 0 Å². The van der Waals surface area contributed by atoms with E-state index in [-0.39, 0.29) is 37.8 Å². The van der Waals surface area contributed by atoms with Gasteiger partial charge in [-0.05, 0) is 19.8 Å². The molecule has 9 heteroatoms. The van der Waals surface area contributed by atoms with E-state index < -0.39 is 5.92 Å². The third-order valence-corrected chi connectivity index (χ3v) is 5.63. The maximum Gasteiger partial charge on any atom is 0.251 e. The van der Waals surface area contributed by atoms with E-state index in [0.717, 1.165) is 16.9 Å². The van der Waals surface area contributed by atoms with Gasteiger partial charge in [-0.3, -0.25) is 9.48 Å². The Morgan fingerprint density at radius 3 is 2.48 bits per heavy atom. The van der Waals surface area contributed by atoms with Crippen molar-refractivity contribution in [3.05, 3.63) is 12.0 Å². The molecule has 0 radical (unpaired) electrons. The molecule has 2 aliphatic heterocycles. The summed E-state index contributed by atoms with van der Waals surface area (Å²) in [5.74, 6) is -1.15. The quantitative estimate of drug-likeness (QED) is 0.801. The van der Waals surface area contributed by atoms with Crippen LogP contribution < -0.4 is 4.90 Å². The van der Waals surface area contributed by atoms with Crippen LogP contribution in [0, 0.1) is 12.8 Å². The SMILES string of the molecule is Cc1nc(N2CCC(C(=O)N3CCC(F)(F)CC3)CC2)c2cnn(C)c2n1. The summed E-state index contributed by atoms with van der Waals surface area (Å²) < 4.78 is 28.4. The number of carbonyl (C=O) groups is 1. The Morgan fingerprint density at radius 2 is 1.81 bits per heavy atom. The lowest BCUT2D eigenvalue weighted by Crippen LogP contribution is -2.47. The number of nitrogens with zero attached hydrogens (tertiary/aromatic N) is 6. The molecule has 2 aromatic heterocycles. The van der Waals surface area contributed by atoms with E-state index in [1.54, 1.807) is 15.8 Å². The van der Waals surface area contributed by atoms with Crippen molar-refractivity contribution in [3.8, 4) is 0 Å². The highest BCUT2D eigenvalue weighted by Gasteiger charge is 2.38. The zero-order valence-electron chi connectivity index (χ0n) is 15.7. The number of likely N-dealkylation sites (tertiary alicyclic amines) is 1. The lowest BCUT2D eigenvalue weighted by Gasteiger charge is -2.37. The first-order valence-electron chi connectivity index (χ1n) is 9.42. The summed E-state index contributed by atoms with van der Waals surface area (Å²) >= 11 is 0. The molecule has 0 spiro atoms. The molecule has 0 bridgehead atoms. The van der Waals surface area contributed by atoms with Crippen LogP contribution in [0.3, 0.4) is 0 Å². The van der Waals surface area contributed by atoms with Crippen molar-refractivity contribution in [2.75, 3.05) is 31.1 Å². The molecule has 7 nitrogen and oxygen atoms in total. The number of amides is 1. The molecule has 0 aliphatic carbocycles. The molecule has 27 heavy (non-hydrogen) atoms. The highest BCUT2D eigenvalue weighted by Crippen LogP contribution is 2.31. The summed E-state index contributed by atoms with van der Waals surface area (Å²) in [6.45, 7) is 3.60. The van der Waals surface area contributed by atoms with E-state index in [1.165, 1.54) is 0 Å². The van der Waals surface area contributed by atoms with Crippen LogP contribution in [-0.2, 0) is 11.8 Å². The zero-order valence-corrected chi connectivity index (χ0v) is 15.7. The summed E-state index contributed by atoms with van der Waals surface area (Å²) in [6, 6.07) is 0. The summed E-state index contributed by atoms with van der Waals surface area (Å²) in [7, 11) is 1.85. The van der Waals surface area contributed by atoms with Gasteiger partial charge < -0.3 is 9.80 Å². The number of halogens is 2. The molecule has 146 valence electrons. The van der Waals surface area contributed by atoms with Gasteiger partial charge in [0.25, 0.3) is 5.92 Å². The van der Waals surface area contributed by atoms with Crippen molar-refractivity contribution < 1.29 is 13.6 Å². The minimum atomic E-state index is -2.62. The summed E-state index contributed by atoms with van der Waals surface area (Å²) in [5, 5.41) is 5.18. The van der Waals surface area contributed by atoms with Gasteiger partial charge in [0, 0.05) is 52.0 Å². The predicted octanol–water partition coefficient (Wildman–Crippen LogP) is 2.15. The molecule has 0 unspecified atom stereocenters. The fourth-order valence-corrected chi connectivity index (χ4v) is 4.00. The van der Waals surface area contributed by atoms with Gasteiger partial charge in [0.1, 0.15) is 11.6 Å². The Morgan fingerprint density at radius 1 is 1.15 bits per heavy atom. The largest absolute Gasteiger partial charge is 0.356 e. The van der Waals surface area contributed by atoms with Crippen LogP contribution in [0.4, 0.5) is 14.6 Å². The molecular formula is C18H24F2N6O. The Kier molecular flexibility index (Phi) is 4.47. The Labute approximate surface area is 156 Å². The molecule has 0 saturated carbocycles. The molecule has 0 N–H and O–H groups in total. The smallest absolute Gasteiger partial charge is 0.251 e. The average molecular weight is 378 g/mol. The number of aryl methyl sites for hydroxylation is 2. The number of hydrogen-bond donors (Lipinski definition) is 0. The lowest BCUT2D eigenvalue weighted by atomic mass is 9.94. The molecule has 4 heterocycles. The van der Waals surface area contributed by atoms with Crippen molar-refractivity contribution >= 4 is 22.8 Å². The van der Waals surface area contributed by atoms with E-state index in [1.807, 2.05) is 14.0 Å². The van der Waals surface area contributed by atoms with Crippen LogP contribution >= 0.6 is 0 Å². The Balaban J connectivity index is 1.43. The number of carbonyl (C=O) groups excluding carboxylic acids is 1. The second kappa shape index (κ2) is 6.69. The fraction of sp³-hybridized carbons (Fsp3) is 0.667. The number of alkyl halides is 2. The number of piperidine rings is 2. The lowest BCUT2D eigenvalue weighted by molar-refractivity contribution is -0.142. The van der Waals surface area contributed by atoms with Gasteiger partial charge in [-0.2, -0.15) is 5.10 Å². The molecule has 2 aromatic rings. The van der Waals surface area contributed by atoms with Gasteiger partial charge in [-0.1, -0.05) is 0 Å². The average Bonchev–Trinajstić information content (AvgIpc) is 3.01. The molecule has 2 saturated heterocycles. The first-order chi connectivity index (χ1) is 12.8. The van der Waals surface area contributed by atoms with E-state index in [2.05, 4.69) is 20.0 Å². The van der Waals surface area contributed by atoms with Crippen LogP contribution in [-0.4, -0.2) is 62.7 Å². The minimum absolute atomic E-state index is 0.0237. The standard InChI is InChI=1S/C18H24F2N6O/c1-12-22-15-14(11-21-24(15)2)16(23-12)25-7-3-13(4-8-25)17(27)26-9-5-18(19,20)6-10-26/h11,13H,3-10H2,1-2H3. The normalized spacial score (nSPS) is 21.0. The van der Waals surface area contributed by atoms with Crippen molar-refractivity contribution in [2.45, 2.75) is 38.5 Å². The van der Waals surface area contributed by atoms with Gasteiger partial charge in [-0.25, -0.2) is 18.7 Å². The molecule has 2 aliphatic rings. The third-order valence-electron chi connectivity index (χ3n) is 5.63. The highest BCUT2D eigenvalue weighted by molar-refractivity contribution is 5.87. The zero-order chi connectivity index (χ0) is 19.2. The highest BCUT2D eigenvalue weighted by atomic mass is 19.3. The van der Waals surface area contributed by atoms with Gasteiger partial charge in [0.15, 0.2) is 5.65 Å². The predicted molar refractivity (Wildman–Crippen MR) is 96.7 cm³/mol. The van der Waals surface area contributed by atoms with E-state index in [4.69, 9.17) is 0 Å². The number of hydrogen-bond acceptors (Lipinski definition) is 5. The second-order valence-electron chi connectivity index (χ2n) is 7.54. The number of fused-ring (bicyclic) bond motifs is 1. The van der Waals surface area contributed by atoms with Gasteiger partial charge in [-0.15, -0.1) is 0 Å². The van der Waals surface area contributed by atoms with E-state index in [0.29, 0.717) is 31.8 Å². The van der Waals surface area contributed by atoms with Crippen LogP contribution in [0.25, 0.3) is 11.0 Å². The summed E-state index contributed by atoms with van der Waals surface area (Å²) in [5.41, 5.74) is 0.796. The number of anilines is 1. The summed E-state index contributed by atoms with van der Waals surface area (Å²) in [6.07, 6.45) is 2.73. The van der Waals surface area contributed by atoms with Gasteiger partial charge >= 0.3 is 0 Å². The summed E-state index contributed by atoms with van der Waals surface area (Å²) in [4.78, 5) is 25.5. The molecule has 0 atom stereocenters. The maximum absolute atomic E-state index is 13.3. The maximum atomic E-state index is 13.3. The van der Waals surface area contributed by atoms with Gasteiger partial charge in [0.2, 0.25) is 5.91 Å². The van der Waals surface area contributed by atoms with E-state index in [9.17, 15) is 13.6 Å². The van der Waals surface area contributed by atoms with Crippen molar-refractivity contribution in [3.63, 3.8) is 0 Å². The molecular weight excluding hydrogens is 354 g/mol. The van der Waals surface area contributed by atoms with Gasteiger partial charge in [0.05, 0.1) is 11.6 Å². The molecule has 4 rings (SSSR count). The van der Waals surface area contributed by atoms with Crippen LogP contribution in [0.5, 0.6) is 0 Å². The molecule has 2 fully saturated rings. The van der Waals surface area contributed by atoms with Crippen molar-refractivity contribution in [1.82, 2.24) is 24.6 Å². The van der Waals surface area contributed by atoms with Crippen molar-refractivity contribution in [2.24, 2.45) is 13.0 Å². The fourth-order valence-electron chi connectivity index (χ4n) is 4.00. The van der Waals surface area contributed by atoms with E-state index >= 15 is 0 Å². The third kappa shape index (κ3) is 3.46. The molecule has 1 amide bonds. The number of rotatable bonds is 2. The van der Waals surface area contributed by atoms with Crippen LogP contribution in [0.15, 0.2) is 6.20 Å². The first kappa shape index (κ1) is 18.1. The minimum Gasteiger partial charge on any atom is -0.356 e. The Hall–Kier alpha value is -2.32. The van der Waals surface area contributed by atoms with Crippen LogP contribution in [0.1, 0.15) is 31.5 Å². The first-order valence-corrected chi connectivity index (χ1v) is 9.42. The van der Waals surface area contributed by atoms with Crippen molar-refractivity contribution in [1.29, 1.82) is 0 Å².